The quantitative estimate of drug-likeness (QED) is 0.893. The molecule has 1 aliphatic heterocycles. The molecule has 23 heavy (non-hydrogen) atoms. The maximum Gasteiger partial charge on any atom is 0.257 e. The molecule has 5 heteroatoms. The third kappa shape index (κ3) is 3.74. The van der Waals surface area contributed by atoms with Gasteiger partial charge < -0.3 is 15.4 Å². The van der Waals surface area contributed by atoms with Crippen molar-refractivity contribution in [3.63, 3.8) is 0 Å². The first-order valence-electron chi connectivity index (χ1n) is 7.65. The van der Waals surface area contributed by atoms with Gasteiger partial charge in [0.1, 0.15) is 12.4 Å². The summed E-state index contributed by atoms with van der Waals surface area (Å²) in [5.74, 6) is 0.592. The number of carbonyl (C=O) groups excluding carboxylic acids is 1. The maximum atomic E-state index is 12.7. The number of hydrogen-bond donors (Lipinski definition) is 1. The predicted molar refractivity (Wildman–Crippen MR) is 93.4 cm³/mol. The Bertz CT molecular complexity index is 705. The first-order valence-corrected chi connectivity index (χ1v) is 8.44. The summed E-state index contributed by atoms with van der Waals surface area (Å²) in [6, 6.07) is 15.3. The van der Waals surface area contributed by atoms with E-state index >= 15 is 0 Å². The molecule has 2 aromatic rings. The average Bonchev–Trinajstić information content (AvgIpc) is 3.00. The van der Waals surface area contributed by atoms with E-state index in [1.807, 2.05) is 48.5 Å². The number of hydrogen-bond acceptors (Lipinski definition) is 3. The topological polar surface area (TPSA) is 55.6 Å². The third-order valence-corrected chi connectivity index (χ3v) is 4.74. The molecular weight excluding hydrogens is 356 g/mol. The van der Waals surface area contributed by atoms with Crippen molar-refractivity contribution in [1.82, 2.24) is 4.90 Å². The Kier molecular flexibility index (Phi) is 4.98. The molecule has 0 spiro atoms. The summed E-state index contributed by atoms with van der Waals surface area (Å²) >= 11 is 3.51. The van der Waals surface area contributed by atoms with E-state index in [2.05, 4.69) is 15.9 Å². The van der Waals surface area contributed by atoms with Gasteiger partial charge in [-0.05, 0) is 24.6 Å². The molecule has 4 nitrogen and oxygen atoms in total. The van der Waals surface area contributed by atoms with Crippen molar-refractivity contribution in [2.45, 2.75) is 19.1 Å². The van der Waals surface area contributed by atoms with Crippen LogP contribution in [0.2, 0.25) is 0 Å². The average molecular weight is 375 g/mol. The molecule has 0 aliphatic carbocycles. The van der Waals surface area contributed by atoms with Crippen LogP contribution in [0.4, 0.5) is 0 Å². The minimum Gasteiger partial charge on any atom is -0.488 e. The van der Waals surface area contributed by atoms with Gasteiger partial charge in [-0.25, -0.2) is 0 Å². The van der Waals surface area contributed by atoms with Gasteiger partial charge in [-0.15, -0.1) is 0 Å². The molecule has 0 unspecified atom stereocenters. The van der Waals surface area contributed by atoms with Crippen LogP contribution in [0.15, 0.2) is 53.0 Å². The molecule has 2 N–H and O–H groups in total. The second-order valence-electron chi connectivity index (χ2n) is 5.68. The molecule has 0 aromatic heterocycles. The van der Waals surface area contributed by atoms with Crippen molar-refractivity contribution in [3.8, 4) is 5.75 Å². The summed E-state index contributed by atoms with van der Waals surface area (Å²) < 4.78 is 6.90. The number of rotatable bonds is 4. The van der Waals surface area contributed by atoms with E-state index in [9.17, 15) is 4.79 Å². The van der Waals surface area contributed by atoms with Crippen LogP contribution in [-0.2, 0) is 6.61 Å². The Hall–Kier alpha value is -1.85. The summed E-state index contributed by atoms with van der Waals surface area (Å²) in [5, 5.41) is 0. The molecule has 1 amide bonds. The summed E-state index contributed by atoms with van der Waals surface area (Å²) in [5.41, 5.74) is 7.53. The van der Waals surface area contributed by atoms with E-state index in [4.69, 9.17) is 10.5 Å². The number of nitrogens with zero attached hydrogens (tertiary/aromatic N) is 1. The Labute approximate surface area is 144 Å². The van der Waals surface area contributed by atoms with Crippen LogP contribution in [0.5, 0.6) is 5.75 Å². The van der Waals surface area contributed by atoms with E-state index in [1.165, 1.54) is 0 Å². The lowest BCUT2D eigenvalue weighted by atomic mass is 10.1. The molecular formula is C18H19BrN2O2. The number of carbonyl (C=O) groups is 1. The van der Waals surface area contributed by atoms with Gasteiger partial charge in [0.2, 0.25) is 0 Å². The third-order valence-electron chi connectivity index (χ3n) is 3.97. The highest BCUT2D eigenvalue weighted by Gasteiger charge is 2.26. The van der Waals surface area contributed by atoms with Crippen molar-refractivity contribution >= 4 is 21.8 Å². The zero-order valence-corrected chi connectivity index (χ0v) is 14.3. The van der Waals surface area contributed by atoms with Crippen LogP contribution < -0.4 is 10.5 Å². The smallest absolute Gasteiger partial charge is 0.257 e. The fourth-order valence-electron chi connectivity index (χ4n) is 2.68. The lowest BCUT2D eigenvalue weighted by Gasteiger charge is -2.18. The van der Waals surface area contributed by atoms with Gasteiger partial charge in [0, 0.05) is 29.2 Å². The van der Waals surface area contributed by atoms with Crippen LogP contribution in [0, 0.1) is 0 Å². The van der Waals surface area contributed by atoms with Crippen LogP contribution in [-0.4, -0.2) is 29.9 Å². The number of benzene rings is 2. The molecule has 1 atom stereocenters. The fraction of sp³-hybridized carbons (Fsp3) is 0.278. The van der Waals surface area contributed by atoms with Crippen molar-refractivity contribution < 1.29 is 9.53 Å². The van der Waals surface area contributed by atoms with Gasteiger partial charge in [0.25, 0.3) is 5.91 Å². The Morgan fingerprint density at radius 2 is 1.96 bits per heavy atom. The van der Waals surface area contributed by atoms with Crippen LogP contribution in [0.25, 0.3) is 0 Å². The van der Waals surface area contributed by atoms with Gasteiger partial charge in [0.15, 0.2) is 0 Å². The van der Waals surface area contributed by atoms with E-state index in [-0.39, 0.29) is 11.9 Å². The summed E-state index contributed by atoms with van der Waals surface area (Å²) in [6.45, 7) is 1.72. The number of nitrogens with two attached hydrogens (primary N) is 1. The number of amides is 1. The lowest BCUT2D eigenvalue weighted by molar-refractivity contribution is 0.0786. The van der Waals surface area contributed by atoms with Crippen molar-refractivity contribution in [3.05, 3.63) is 64.1 Å². The molecule has 0 saturated carbocycles. The lowest BCUT2D eigenvalue weighted by Crippen LogP contribution is -2.32. The first-order chi connectivity index (χ1) is 11.1. The normalized spacial score (nSPS) is 17.3. The van der Waals surface area contributed by atoms with Gasteiger partial charge in [-0.2, -0.15) is 0 Å². The zero-order chi connectivity index (χ0) is 16.2. The number of ether oxygens (including phenoxy) is 1. The minimum absolute atomic E-state index is 0.0133. The van der Waals surface area contributed by atoms with Crippen LogP contribution in [0.1, 0.15) is 22.3 Å². The summed E-state index contributed by atoms with van der Waals surface area (Å²) in [4.78, 5) is 14.5. The van der Waals surface area contributed by atoms with Crippen molar-refractivity contribution in [1.29, 1.82) is 0 Å². The SMILES string of the molecule is N[C@@H]1CCN(C(=O)c2ccccc2OCc2ccccc2Br)C1. The Morgan fingerprint density at radius 1 is 1.22 bits per heavy atom. The molecule has 1 aliphatic rings. The van der Waals surface area contributed by atoms with Crippen LogP contribution in [0.3, 0.4) is 0 Å². The monoisotopic (exact) mass is 374 g/mol. The second kappa shape index (κ2) is 7.15. The molecule has 0 bridgehead atoms. The van der Waals surface area contributed by atoms with E-state index < -0.39 is 0 Å². The Morgan fingerprint density at radius 3 is 2.70 bits per heavy atom. The molecule has 2 aromatic carbocycles. The number of para-hydroxylation sites is 1. The first kappa shape index (κ1) is 16.0. The van der Waals surface area contributed by atoms with Gasteiger partial charge in [-0.3, -0.25) is 4.79 Å². The van der Waals surface area contributed by atoms with Crippen LogP contribution >= 0.6 is 15.9 Å². The highest BCUT2D eigenvalue weighted by atomic mass is 79.9. The molecule has 3 rings (SSSR count). The highest BCUT2D eigenvalue weighted by molar-refractivity contribution is 9.10. The Balaban J connectivity index is 1.75. The molecule has 120 valence electrons. The van der Waals surface area contributed by atoms with Gasteiger partial charge in [0.05, 0.1) is 5.56 Å². The standard InChI is InChI=1S/C18H19BrN2O2/c19-16-7-3-1-5-13(16)12-23-17-8-4-2-6-15(17)18(22)21-10-9-14(20)11-21/h1-8,14H,9-12,20H2/t14-/m1/s1. The molecule has 1 saturated heterocycles. The van der Waals surface area contributed by atoms with E-state index in [0.717, 1.165) is 16.5 Å². The summed E-state index contributed by atoms with van der Waals surface area (Å²) in [6.07, 6.45) is 0.853. The summed E-state index contributed by atoms with van der Waals surface area (Å²) in [7, 11) is 0. The second-order valence-corrected chi connectivity index (χ2v) is 6.53. The number of likely N-dealkylation sites (tertiary alicyclic amines) is 1. The van der Waals surface area contributed by atoms with Crippen molar-refractivity contribution in [2.24, 2.45) is 5.73 Å². The molecule has 1 heterocycles. The highest BCUT2D eigenvalue weighted by Crippen LogP contribution is 2.24. The van der Waals surface area contributed by atoms with E-state index in [0.29, 0.717) is 31.0 Å². The predicted octanol–water partition coefficient (Wildman–Crippen LogP) is 3.20. The van der Waals surface area contributed by atoms with Gasteiger partial charge >= 0.3 is 0 Å². The maximum absolute atomic E-state index is 12.7. The fourth-order valence-corrected chi connectivity index (χ4v) is 3.08. The van der Waals surface area contributed by atoms with Gasteiger partial charge in [-0.1, -0.05) is 46.3 Å². The molecule has 0 radical (unpaired) electrons. The molecule has 1 fully saturated rings. The zero-order valence-electron chi connectivity index (χ0n) is 12.7. The van der Waals surface area contributed by atoms with Crippen molar-refractivity contribution in [2.75, 3.05) is 13.1 Å². The number of halogens is 1. The minimum atomic E-state index is -0.0133. The van der Waals surface area contributed by atoms with E-state index in [1.54, 1.807) is 4.90 Å². The largest absolute Gasteiger partial charge is 0.488 e.